The molecular formula is C15H27N3O6S. The van der Waals surface area contributed by atoms with Crippen LogP contribution < -0.4 is 16.4 Å². The third-order valence-corrected chi connectivity index (χ3v) is 4.40. The molecule has 0 spiro atoms. The molecule has 144 valence electrons. The van der Waals surface area contributed by atoms with Crippen molar-refractivity contribution in [1.82, 2.24) is 10.6 Å². The Morgan fingerprint density at radius 3 is 2.16 bits per heavy atom. The number of nitrogens with one attached hydrogen (secondary N) is 2. The zero-order chi connectivity index (χ0) is 19.6. The van der Waals surface area contributed by atoms with Crippen molar-refractivity contribution in [1.29, 1.82) is 0 Å². The predicted octanol–water partition coefficient (Wildman–Crippen LogP) is -0.358. The minimum Gasteiger partial charge on any atom is -0.481 e. The van der Waals surface area contributed by atoms with Gasteiger partial charge < -0.3 is 26.6 Å². The summed E-state index contributed by atoms with van der Waals surface area (Å²) in [5.74, 6) is -3.74. The first kappa shape index (κ1) is 23.2. The molecule has 0 rings (SSSR count). The lowest BCUT2D eigenvalue weighted by Gasteiger charge is -2.24. The van der Waals surface area contributed by atoms with Gasteiger partial charge in [0.25, 0.3) is 0 Å². The van der Waals surface area contributed by atoms with Crippen LogP contribution in [0.1, 0.15) is 33.1 Å². The Morgan fingerprint density at radius 2 is 1.72 bits per heavy atom. The fourth-order valence-electron chi connectivity index (χ4n) is 1.98. The largest absolute Gasteiger partial charge is 0.481 e. The van der Waals surface area contributed by atoms with Gasteiger partial charge in [-0.25, -0.2) is 4.79 Å². The second-order valence-electron chi connectivity index (χ2n) is 5.76. The van der Waals surface area contributed by atoms with Crippen LogP contribution in [0.5, 0.6) is 0 Å². The quantitative estimate of drug-likeness (QED) is 0.308. The van der Waals surface area contributed by atoms with Crippen molar-refractivity contribution in [2.75, 3.05) is 12.0 Å². The molecule has 0 fully saturated rings. The molecule has 0 aliphatic heterocycles. The van der Waals surface area contributed by atoms with Crippen LogP contribution in [0.2, 0.25) is 0 Å². The maximum absolute atomic E-state index is 12.3. The monoisotopic (exact) mass is 377 g/mol. The highest BCUT2D eigenvalue weighted by Gasteiger charge is 2.31. The number of carboxylic acids is 2. The van der Waals surface area contributed by atoms with Gasteiger partial charge >= 0.3 is 11.9 Å². The smallest absolute Gasteiger partial charge is 0.326 e. The molecule has 0 aromatic heterocycles. The Kier molecular flexibility index (Phi) is 10.8. The predicted molar refractivity (Wildman–Crippen MR) is 94.2 cm³/mol. The Balaban J connectivity index is 5.05. The number of nitrogens with two attached hydrogens (primary N) is 1. The molecule has 6 N–H and O–H groups in total. The van der Waals surface area contributed by atoms with Gasteiger partial charge in [0.15, 0.2) is 0 Å². The molecular weight excluding hydrogens is 350 g/mol. The molecule has 0 aliphatic rings. The van der Waals surface area contributed by atoms with E-state index in [4.69, 9.17) is 10.8 Å². The van der Waals surface area contributed by atoms with E-state index in [1.54, 1.807) is 13.8 Å². The zero-order valence-electron chi connectivity index (χ0n) is 14.7. The molecule has 0 saturated heterocycles. The minimum absolute atomic E-state index is 0.355. The van der Waals surface area contributed by atoms with Crippen molar-refractivity contribution in [2.45, 2.75) is 51.2 Å². The van der Waals surface area contributed by atoms with Gasteiger partial charge in [0, 0.05) is 0 Å². The van der Waals surface area contributed by atoms with Gasteiger partial charge in [-0.05, 0) is 24.3 Å². The van der Waals surface area contributed by atoms with Gasteiger partial charge in [-0.2, -0.15) is 11.8 Å². The first-order valence-corrected chi connectivity index (χ1v) is 9.33. The van der Waals surface area contributed by atoms with Gasteiger partial charge in [-0.3, -0.25) is 14.4 Å². The number of aliphatic carboxylic acids is 2. The Morgan fingerprint density at radius 1 is 1.12 bits per heavy atom. The Labute approximate surface area is 151 Å². The summed E-state index contributed by atoms with van der Waals surface area (Å²) >= 11 is 1.50. The van der Waals surface area contributed by atoms with Gasteiger partial charge in [0.05, 0.1) is 12.5 Å². The molecule has 0 heterocycles. The number of hydrogen-bond acceptors (Lipinski definition) is 6. The first-order valence-electron chi connectivity index (χ1n) is 7.93. The van der Waals surface area contributed by atoms with E-state index >= 15 is 0 Å². The van der Waals surface area contributed by atoms with Gasteiger partial charge in [0.1, 0.15) is 12.1 Å². The molecule has 2 amide bonds. The second kappa shape index (κ2) is 11.7. The minimum atomic E-state index is -1.39. The SMILES string of the molecule is CCC(C)C(NC(=O)C(CC(=O)O)NC(=O)C(N)CCSC)C(=O)O. The molecule has 0 bridgehead atoms. The summed E-state index contributed by atoms with van der Waals surface area (Å²) in [6.45, 7) is 3.43. The lowest BCUT2D eigenvalue weighted by Crippen LogP contribution is -2.56. The summed E-state index contributed by atoms with van der Waals surface area (Å²) in [5.41, 5.74) is 5.70. The van der Waals surface area contributed by atoms with Crippen molar-refractivity contribution in [3.05, 3.63) is 0 Å². The van der Waals surface area contributed by atoms with Crippen LogP contribution in [-0.4, -0.2) is 64.1 Å². The molecule has 10 heteroatoms. The van der Waals surface area contributed by atoms with E-state index in [0.717, 1.165) is 0 Å². The molecule has 0 aromatic rings. The number of carbonyl (C=O) groups is 4. The highest BCUT2D eigenvalue weighted by molar-refractivity contribution is 7.98. The van der Waals surface area contributed by atoms with Gasteiger partial charge in [-0.15, -0.1) is 0 Å². The number of carbonyl (C=O) groups excluding carboxylic acids is 2. The average Bonchev–Trinajstić information content (AvgIpc) is 2.54. The standard InChI is InChI=1S/C15H27N3O6S/c1-4-8(2)12(15(23)24)18-14(22)10(7-11(19)20)17-13(21)9(16)5-6-25-3/h8-10,12H,4-7,16H2,1-3H3,(H,17,21)(H,18,22)(H,19,20)(H,23,24). The van der Waals surface area contributed by atoms with Crippen LogP contribution in [0.15, 0.2) is 0 Å². The molecule has 9 nitrogen and oxygen atoms in total. The summed E-state index contributed by atoms with van der Waals surface area (Å²) in [5, 5.41) is 22.8. The van der Waals surface area contributed by atoms with E-state index in [2.05, 4.69) is 10.6 Å². The number of amides is 2. The van der Waals surface area contributed by atoms with Crippen molar-refractivity contribution in [3.8, 4) is 0 Å². The van der Waals surface area contributed by atoms with Gasteiger partial charge in [0.2, 0.25) is 11.8 Å². The fourth-order valence-corrected chi connectivity index (χ4v) is 2.47. The zero-order valence-corrected chi connectivity index (χ0v) is 15.5. The number of rotatable bonds is 12. The number of carboxylic acid groups (broad SMARTS) is 2. The lowest BCUT2D eigenvalue weighted by atomic mass is 9.98. The second-order valence-corrected chi connectivity index (χ2v) is 6.74. The van der Waals surface area contributed by atoms with E-state index in [-0.39, 0.29) is 5.92 Å². The van der Waals surface area contributed by atoms with Crippen LogP contribution in [0.3, 0.4) is 0 Å². The number of hydrogen-bond donors (Lipinski definition) is 5. The maximum atomic E-state index is 12.3. The highest BCUT2D eigenvalue weighted by atomic mass is 32.2. The summed E-state index contributed by atoms with van der Waals surface area (Å²) in [7, 11) is 0. The highest BCUT2D eigenvalue weighted by Crippen LogP contribution is 2.09. The third kappa shape index (κ3) is 8.73. The van der Waals surface area contributed by atoms with Crippen LogP contribution in [0.4, 0.5) is 0 Å². The van der Waals surface area contributed by atoms with Crippen LogP contribution in [0, 0.1) is 5.92 Å². The number of thioether (sulfide) groups is 1. The summed E-state index contributed by atoms with van der Waals surface area (Å²) in [6.07, 6.45) is 2.07. The molecule has 4 atom stereocenters. The van der Waals surface area contributed by atoms with Crippen LogP contribution >= 0.6 is 11.8 Å². The normalized spacial score (nSPS) is 15.5. The summed E-state index contributed by atoms with van der Waals surface area (Å²) < 4.78 is 0. The Hall–Kier alpha value is -1.81. The first-order chi connectivity index (χ1) is 11.6. The van der Waals surface area contributed by atoms with Crippen LogP contribution in [0.25, 0.3) is 0 Å². The third-order valence-electron chi connectivity index (χ3n) is 3.76. The van der Waals surface area contributed by atoms with Gasteiger partial charge in [-0.1, -0.05) is 20.3 Å². The molecule has 0 aromatic carbocycles. The van der Waals surface area contributed by atoms with Crippen molar-refractivity contribution < 1.29 is 29.4 Å². The maximum Gasteiger partial charge on any atom is 0.326 e. The van der Waals surface area contributed by atoms with Crippen molar-refractivity contribution in [3.63, 3.8) is 0 Å². The molecule has 0 saturated carbocycles. The van der Waals surface area contributed by atoms with E-state index in [1.165, 1.54) is 11.8 Å². The average molecular weight is 377 g/mol. The van der Waals surface area contributed by atoms with E-state index in [9.17, 15) is 24.3 Å². The van der Waals surface area contributed by atoms with E-state index in [0.29, 0.717) is 18.6 Å². The van der Waals surface area contributed by atoms with Crippen molar-refractivity contribution >= 4 is 35.5 Å². The molecule has 25 heavy (non-hydrogen) atoms. The lowest BCUT2D eigenvalue weighted by molar-refractivity contribution is -0.144. The molecule has 4 unspecified atom stereocenters. The topological polar surface area (TPSA) is 159 Å². The fraction of sp³-hybridized carbons (Fsp3) is 0.733. The molecule has 0 aliphatic carbocycles. The Bertz CT molecular complexity index is 488. The summed E-state index contributed by atoms with van der Waals surface area (Å²) in [4.78, 5) is 46.6. The van der Waals surface area contributed by atoms with Crippen molar-refractivity contribution in [2.24, 2.45) is 11.7 Å². The summed E-state index contributed by atoms with van der Waals surface area (Å²) in [6, 6.07) is -3.44. The molecule has 0 radical (unpaired) electrons. The van der Waals surface area contributed by atoms with E-state index in [1.807, 2.05) is 6.26 Å². The van der Waals surface area contributed by atoms with E-state index < -0.39 is 48.3 Å². The van der Waals surface area contributed by atoms with Crippen LogP contribution in [-0.2, 0) is 19.2 Å².